The molecule has 152 valence electrons. The molecule has 0 aliphatic carbocycles. The number of methoxy groups -OCH3 is 2. The van der Waals surface area contributed by atoms with Crippen LogP contribution in [0.3, 0.4) is 0 Å². The van der Waals surface area contributed by atoms with Crippen molar-refractivity contribution >= 4 is 21.6 Å². The maximum absolute atomic E-state index is 12.6. The fraction of sp³-hybridized carbons (Fsp3) is 0.350. The molecule has 0 spiro atoms. The summed E-state index contributed by atoms with van der Waals surface area (Å²) in [7, 11) is -0.525. The lowest BCUT2D eigenvalue weighted by Gasteiger charge is -2.24. The molecule has 0 saturated carbocycles. The van der Waals surface area contributed by atoms with E-state index in [2.05, 4.69) is 5.32 Å². The molecule has 2 rings (SSSR count). The first-order valence-corrected chi connectivity index (χ1v) is 10.6. The monoisotopic (exact) mass is 406 g/mol. The van der Waals surface area contributed by atoms with Crippen LogP contribution in [0.1, 0.15) is 24.1 Å². The Kier molecular flexibility index (Phi) is 6.90. The Hall–Kier alpha value is -2.74. The van der Waals surface area contributed by atoms with Crippen LogP contribution in [0.2, 0.25) is 0 Å². The summed E-state index contributed by atoms with van der Waals surface area (Å²) >= 11 is 0. The maximum atomic E-state index is 12.6. The largest absolute Gasteiger partial charge is 0.497 e. The number of ether oxygens (including phenoxy) is 2. The average molecular weight is 407 g/mol. The Bertz CT molecular complexity index is 943. The highest BCUT2D eigenvalue weighted by atomic mass is 32.2. The molecular formula is C20H26N2O5S. The highest BCUT2D eigenvalue weighted by molar-refractivity contribution is 7.92. The first-order chi connectivity index (χ1) is 13.2. The van der Waals surface area contributed by atoms with Gasteiger partial charge in [-0.05, 0) is 49.7 Å². The van der Waals surface area contributed by atoms with Gasteiger partial charge in [0.05, 0.1) is 32.2 Å². The number of carbonyl (C=O) groups excluding carboxylic acids is 1. The Morgan fingerprint density at radius 1 is 1.14 bits per heavy atom. The zero-order chi connectivity index (χ0) is 20.9. The van der Waals surface area contributed by atoms with Crippen molar-refractivity contribution in [1.82, 2.24) is 5.32 Å². The fourth-order valence-electron chi connectivity index (χ4n) is 2.86. The first-order valence-electron chi connectivity index (χ1n) is 8.71. The number of amides is 1. The van der Waals surface area contributed by atoms with E-state index in [-0.39, 0.29) is 6.54 Å². The van der Waals surface area contributed by atoms with Crippen LogP contribution in [0.15, 0.2) is 42.5 Å². The number of anilines is 1. The van der Waals surface area contributed by atoms with Gasteiger partial charge in [0, 0.05) is 5.56 Å². The SMILES string of the molecule is COc1ccc(OC)c([C@H](C)NC(=O)CN(c2cccc(C)c2)S(C)(=O)=O)c1. The molecule has 1 atom stereocenters. The minimum atomic E-state index is -3.63. The predicted octanol–water partition coefficient (Wildman–Crippen LogP) is 2.66. The van der Waals surface area contributed by atoms with Crippen molar-refractivity contribution in [3.8, 4) is 11.5 Å². The minimum Gasteiger partial charge on any atom is -0.497 e. The molecule has 0 aliphatic rings. The number of nitrogens with one attached hydrogen (secondary N) is 1. The van der Waals surface area contributed by atoms with Gasteiger partial charge in [0.25, 0.3) is 0 Å². The van der Waals surface area contributed by atoms with Gasteiger partial charge in [-0.15, -0.1) is 0 Å². The summed E-state index contributed by atoms with van der Waals surface area (Å²) in [6.45, 7) is 3.34. The van der Waals surface area contributed by atoms with E-state index in [1.54, 1.807) is 57.5 Å². The summed E-state index contributed by atoms with van der Waals surface area (Å²) in [5.41, 5.74) is 2.09. The second kappa shape index (κ2) is 8.97. The smallest absolute Gasteiger partial charge is 0.241 e. The van der Waals surface area contributed by atoms with Crippen molar-refractivity contribution in [2.75, 3.05) is 31.3 Å². The number of nitrogens with zero attached hydrogens (tertiary/aromatic N) is 1. The Morgan fingerprint density at radius 2 is 1.86 bits per heavy atom. The van der Waals surface area contributed by atoms with Crippen molar-refractivity contribution < 1.29 is 22.7 Å². The van der Waals surface area contributed by atoms with Crippen LogP contribution in [0.5, 0.6) is 11.5 Å². The first kappa shape index (κ1) is 21.6. The second-order valence-corrected chi connectivity index (χ2v) is 8.41. The average Bonchev–Trinajstić information content (AvgIpc) is 2.64. The van der Waals surface area contributed by atoms with Crippen LogP contribution in [0.25, 0.3) is 0 Å². The topological polar surface area (TPSA) is 84.9 Å². The number of hydrogen-bond donors (Lipinski definition) is 1. The second-order valence-electron chi connectivity index (χ2n) is 6.51. The molecule has 0 saturated heterocycles. The van der Waals surface area contributed by atoms with Crippen LogP contribution < -0.4 is 19.1 Å². The van der Waals surface area contributed by atoms with E-state index in [9.17, 15) is 13.2 Å². The Morgan fingerprint density at radius 3 is 2.43 bits per heavy atom. The van der Waals surface area contributed by atoms with Crippen LogP contribution in [-0.4, -0.2) is 41.3 Å². The van der Waals surface area contributed by atoms with Gasteiger partial charge in [0.15, 0.2) is 0 Å². The maximum Gasteiger partial charge on any atom is 0.241 e. The van der Waals surface area contributed by atoms with E-state index in [1.165, 1.54) is 0 Å². The molecule has 8 heteroatoms. The third kappa shape index (κ3) is 5.39. The molecule has 7 nitrogen and oxygen atoms in total. The summed E-state index contributed by atoms with van der Waals surface area (Å²) < 4.78 is 36.1. The molecule has 28 heavy (non-hydrogen) atoms. The molecule has 2 aromatic carbocycles. The fourth-order valence-corrected chi connectivity index (χ4v) is 3.70. The minimum absolute atomic E-state index is 0.321. The molecule has 1 amide bonds. The lowest BCUT2D eigenvalue weighted by molar-refractivity contribution is -0.120. The van der Waals surface area contributed by atoms with Gasteiger partial charge < -0.3 is 14.8 Å². The number of rotatable bonds is 8. The molecule has 0 heterocycles. The molecule has 0 bridgehead atoms. The van der Waals surface area contributed by atoms with Gasteiger partial charge in [-0.1, -0.05) is 12.1 Å². The normalized spacial score (nSPS) is 12.2. The molecule has 2 aromatic rings. The molecule has 0 radical (unpaired) electrons. The van der Waals surface area contributed by atoms with E-state index >= 15 is 0 Å². The van der Waals surface area contributed by atoms with E-state index in [0.717, 1.165) is 21.7 Å². The number of hydrogen-bond acceptors (Lipinski definition) is 5. The molecule has 0 fully saturated rings. The highest BCUT2D eigenvalue weighted by Crippen LogP contribution is 2.29. The lowest BCUT2D eigenvalue weighted by Crippen LogP contribution is -2.41. The third-order valence-electron chi connectivity index (χ3n) is 4.26. The van der Waals surface area contributed by atoms with E-state index in [0.29, 0.717) is 17.2 Å². The van der Waals surface area contributed by atoms with E-state index < -0.39 is 22.0 Å². The van der Waals surface area contributed by atoms with E-state index in [4.69, 9.17) is 9.47 Å². The Labute approximate surface area is 166 Å². The zero-order valence-electron chi connectivity index (χ0n) is 16.7. The highest BCUT2D eigenvalue weighted by Gasteiger charge is 2.23. The van der Waals surface area contributed by atoms with Crippen LogP contribution >= 0.6 is 0 Å². The van der Waals surface area contributed by atoms with Gasteiger partial charge in [0.2, 0.25) is 15.9 Å². The van der Waals surface area contributed by atoms with Crippen molar-refractivity contribution in [3.05, 3.63) is 53.6 Å². The van der Waals surface area contributed by atoms with Gasteiger partial charge in [-0.25, -0.2) is 8.42 Å². The van der Waals surface area contributed by atoms with Crippen LogP contribution in [0, 0.1) is 6.92 Å². The van der Waals surface area contributed by atoms with Crippen molar-refractivity contribution in [2.24, 2.45) is 0 Å². The predicted molar refractivity (Wildman–Crippen MR) is 109 cm³/mol. The summed E-state index contributed by atoms with van der Waals surface area (Å²) in [6, 6.07) is 11.9. The van der Waals surface area contributed by atoms with Crippen LogP contribution in [-0.2, 0) is 14.8 Å². The third-order valence-corrected chi connectivity index (χ3v) is 5.40. The summed E-state index contributed by atoms with van der Waals surface area (Å²) in [4.78, 5) is 12.6. The quantitative estimate of drug-likeness (QED) is 0.729. The van der Waals surface area contributed by atoms with Gasteiger partial charge in [-0.3, -0.25) is 9.10 Å². The molecule has 0 aliphatic heterocycles. The summed E-state index contributed by atoms with van der Waals surface area (Å²) in [6.07, 6.45) is 1.08. The van der Waals surface area contributed by atoms with Gasteiger partial charge >= 0.3 is 0 Å². The number of carbonyl (C=O) groups is 1. The molecule has 0 aromatic heterocycles. The number of sulfonamides is 1. The van der Waals surface area contributed by atoms with Crippen molar-refractivity contribution in [3.63, 3.8) is 0 Å². The van der Waals surface area contributed by atoms with Crippen molar-refractivity contribution in [1.29, 1.82) is 0 Å². The molecule has 1 N–H and O–H groups in total. The van der Waals surface area contributed by atoms with Crippen molar-refractivity contribution in [2.45, 2.75) is 19.9 Å². The Balaban J connectivity index is 2.21. The molecule has 0 unspecified atom stereocenters. The van der Waals surface area contributed by atoms with Crippen LogP contribution in [0.4, 0.5) is 5.69 Å². The lowest BCUT2D eigenvalue weighted by atomic mass is 10.1. The van der Waals surface area contributed by atoms with E-state index in [1.807, 2.05) is 13.0 Å². The molecular weight excluding hydrogens is 380 g/mol. The number of aryl methyl sites for hydroxylation is 1. The van der Waals surface area contributed by atoms with Gasteiger partial charge in [0.1, 0.15) is 18.0 Å². The van der Waals surface area contributed by atoms with Gasteiger partial charge in [-0.2, -0.15) is 0 Å². The zero-order valence-corrected chi connectivity index (χ0v) is 17.5. The summed E-state index contributed by atoms with van der Waals surface area (Å²) in [5, 5.41) is 2.83. The number of benzene rings is 2. The summed E-state index contributed by atoms with van der Waals surface area (Å²) in [5.74, 6) is 0.811. The standard InChI is InChI=1S/C20H26N2O5S/c1-14-7-6-8-16(11-14)22(28(5,24)25)13-20(23)21-15(2)18-12-17(26-3)9-10-19(18)27-4/h6-12,15H,13H2,1-5H3,(H,21,23)/t15-/m0/s1.